The summed E-state index contributed by atoms with van der Waals surface area (Å²) in [6, 6.07) is 13.2. The van der Waals surface area contributed by atoms with Crippen LogP contribution in [0.1, 0.15) is 39.0 Å². The Morgan fingerprint density at radius 3 is 1.96 bits per heavy atom. The predicted molar refractivity (Wildman–Crippen MR) is 108 cm³/mol. The van der Waals surface area contributed by atoms with Crippen LogP contribution in [0.15, 0.2) is 55.1 Å². The molecule has 0 bridgehead atoms. The van der Waals surface area contributed by atoms with E-state index >= 15 is 0 Å². The highest BCUT2D eigenvalue weighted by atomic mass is 79.9. The maximum absolute atomic E-state index is 3.60. The molecule has 2 aromatic carbocycles. The Balaban J connectivity index is 1.85. The summed E-state index contributed by atoms with van der Waals surface area (Å²) < 4.78 is 2.29. The Labute approximate surface area is 160 Å². The van der Waals surface area contributed by atoms with Crippen molar-refractivity contribution in [2.75, 3.05) is 11.4 Å². The topological polar surface area (TPSA) is 3.24 Å². The van der Waals surface area contributed by atoms with Crippen LogP contribution >= 0.6 is 43.6 Å². The largest absolute Gasteiger partial charge is 0.340 e. The van der Waals surface area contributed by atoms with Gasteiger partial charge in [0, 0.05) is 25.3 Å². The number of benzene rings is 2. The summed E-state index contributed by atoms with van der Waals surface area (Å²) in [6.07, 6.45) is 6.56. The third-order valence-electron chi connectivity index (χ3n) is 4.13. The molecule has 1 aliphatic rings. The van der Waals surface area contributed by atoms with E-state index in [0.29, 0.717) is 0 Å². The monoisotopic (exact) mass is 453 g/mol. The third-order valence-corrected chi connectivity index (χ3v) is 6.21. The van der Waals surface area contributed by atoms with Gasteiger partial charge in [-0.3, -0.25) is 0 Å². The van der Waals surface area contributed by atoms with Gasteiger partial charge in [0.2, 0.25) is 0 Å². The highest BCUT2D eigenvalue weighted by molar-refractivity contribution is 9.10. The first-order valence-electron chi connectivity index (χ1n) is 8.23. The van der Waals surface area contributed by atoms with Crippen molar-refractivity contribution in [1.82, 2.24) is 0 Å². The van der Waals surface area contributed by atoms with Gasteiger partial charge in [0.1, 0.15) is 0 Å². The van der Waals surface area contributed by atoms with Gasteiger partial charge in [-0.05, 0) is 42.8 Å². The zero-order valence-electron chi connectivity index (χ0n) is 13.3. The molecule has 0 saturated heterocycles. The fourth-order valence-electron chi connectivity index (χ4n) is 2.95. The average Bonchev–Trinajstić information content (AvgIpc) is 2.53. The molecule has 0 N–H and O–H groups in total. The van der Waals surface area contributed by atoms with E-state index in [-0.39, 0.29) is 0 Å². The maximum Gasteiger partial charge on any atom is 0.0553 e. The normalized spacial score (nSPS) is 12.9. The van der Waals surface area contributed by atoms with E-state index in [2.05, 4.69) is 80.1 Å². The number of anilines is 2. The van der Waals surface area contributed by atoms with Crippen LogP contribution in [-0.2, 0) is 0 Å². The van der Waals surface area contributed by atoms with Crippen LogP contribution < -0.4 is 4.90 Å². The second-order valence-corrected chi connectivity index (χ2v) is 8.81. The van der Waals surface area contributed by atoms with Crippen molar-refractivity contribution in [2.45, 2.75) is 48.8 Å². The summed E-state index contributed by atoms with van der Waals surface area (Å²) in [7, 11) is 0. The molecule has 1 aliphatic heterocycles. The van der Waals surface area contributed by atoms with E-state index in [4.69, 9.17) is 0 Å². The minimum Gasteiger partial charge on any atom is -0.340 e. The second kappa shape index (κ2) is 8.09. The fraction of sp³-hybridized carbons (Fsp3) is 0.368. The Bertz CT molecular complexity index is 636. The van der Waals surface area contributed by atoms with Crippen molar-refractivity contribution >= 4 is 55.0 Å². The molecule has 1 heterocycles. The van der Waals surface area contributed by atoms with Gasteiger partial charge in [-0.1, -0.05) is 76.2 Å². The van der Waals surface area contributed by atoms with E-state index < -0.39 is 0 Å². The van der Waals surface area contributed by atoms with Crippen LogP contribution in [0.25, 0.3) is 0 Å². The molecule has 0 aliphatic carbocycles. The van der Waals surface area contributed by atoms with Crippen molar-refractivity contribution < 1.29 is 0 Å². The molecule has 0 aromatic heterocycles. The first-order valence-corrected chi connectivity index (χ1v) is 10.6. The molecule has 0 fully saturated rings. The number of rotatable bonds is 6. The van der Waals surface area contributed by atoms with Gasteiger partial charge >= 0.3 is 0 Å². The Morgan fingerprint density at radius 2 is 1.39 bits per heavy atom. The van der Waals surface area contributed by atoms with Gasteiger partial charge in [0.25, 0.3) is 0 Å². The van der Waals surface area contributed by atoms with Crippen molar-refractivity contribution in [3.63, 3.8) is 0 Å². The highest BCUT2D eigenvalue weighted by Crippen LogP contribution is 2.49. The number of unbranched alkanes of at least 4 members (excludes halogenated alkanes) is 4. The second-order valence-electron chi connectivity index (χ2n) is 5.89. The summed E-state index contributed by atoms with van der Waals surface area (Å²) >= 11 is 9.07. The number of hydrogen-bond donors (Lipinski definition) is 0. The Kier molecular flexibility index (Phi) is 6.11. The molecular weight excluding hydrogens is 434 g/mol. The van der Waals surface area contributed by atoms with Gasteiger partial charge in [0.15, 0.2) is 0 Å². The molecule has 2 aromatic rings. The lowest BCUT2D eigenvalue weighted by molar-refractivity contribution is 0.632. The van der Waals surface area contributed by atoms with Gasteiger partial charge in [-0.25, -0.2) is 0 Å². The lowest BCUT2D eigenvalue weighted by Gasteiger charge is -2.33. The van der Waals surface area contributed by atoms with Gasteiger partial charge in [-0.15, -0.1) is 0 Å². The minimum absolute atomic E-state index is 1.09. The number of fused-ring (bicyclic) bond motifs is 2. The summed E-state index contributed by atoms with van der Waals surface area (Å²) in [5, 5.41) is 0. The molecule has 1 nitrogen and oxygen atoms in total. The average molecular weight is 455 g/mol. The highest BCUT2D eigenvalue weighted by Gasteiger charge is 2.23. The van der Waals surface area contributed by atoms with Crippen LogP contribution in [-0.4, -0.2) is 6.54 Å². The first kappa shape index (κ1) is 17.4. The molecular formula is C19H21Br2NS. The summed E-state index contributed by atoms with van der Waals surface area (Å²) in [5.74, 6) is 0. The lowest BCUT2D eigenvalue weighted by atomic mass is 10.1. The molecule has 0 saturated carbocycles. The van der Waals surface area contributed by atoms with E-state index in [1.54, 1.807) is 0 Å². The Hall–Kier alpha value is -0.450. The van der Waals surface area contributed by atoms with Crippen molar-refractivity contribution in [3.8, 4) is 0 Å². The lowest BCUT2D eigenvalue weighted by Crippen LogP contribution is -2.22. The molecule has 0 spiro atoms. The summed E-state index contributed by atoms with van der Waals surface area (Å²) in [6.45, 7) is 3.36. The number of halogens is 2. The number of hydrogen-bond acceptors (Lipinski definition) is 2. The predicted octanol–water partition coefficient (Wildman–Crippen LogP) is 7.78. The molecule has 3 rings (SSSR count). The van der Waals surface area contributed by atoms with Gasteiger partial charge in [-0.2, -0.15) is 0 Å². The maximum atomic E-state index is 3.60. The molecule has 0 atom stereocenters. The van der Waals surface area contributed by atoms with Crippen LogP contribution in [0.4, 0.5) is 11.4 Å². The molecule has 0 radical (unpaired) electrons. The number of nitrogens with zero attached hydrogens (tertiary/aromatic N) is 1. The van der Waals surface area contributed by atoms with E-state index in [0.717, 1.165) is 15.5 Å². The smallest absolute Gasteiger partial charge is 0.0553 e. The van der Waals surface area contributed by atoms with E-state index in [1.165, 1.54) is 53.3 Å². The van der Waals surface area contributed by atoms with E-state index in [9.17, 15) is 0 Å². The molecule has 0 unspecified atom stereocenters. The summed E-state index contributed by atoms with van der Waals surface area (Å²) in [5.41, 5.74) is 2.67. The van der Waals surface area contributed by atoms with Crippen LogP contribution in [0.3, 0.4) is 0 Å². The molecule has 4 heteroatoms. The fourth-order valence-corrected chi connectivity index (χ4v) is 5.15. The molecule has 122 valence electrons. The van der Waals surface area contributed by atoms with Crippen molar-refractivity contribution in [2.24, 2.45) is 0 Å². The third kappa shape index (κ3) is 4.15. The standard InChI is InChI=1S/C19H21Br2NS/c1-2-3-4-5-6-11-22-16-9-7-14(20)12-18(16)23-19-13-15(21)8-10-17(19)22/h7-10,12-13H,2-6,11H2,1H3. The quantitative estimate of drug-likeness (QED) is 0.409. The van der Waals surface area contributed by atoms with Gasteiger partial charge < -0.3 is 4.90 Å². The zero-order chi connectivity index (χ0) is 16.2. The molecule has 0 amide bonds. The van der Waals surface area contributed by atoms with Crippen LogP contribution in [0, 0.1) is 0 Å². The van der Waals surface area contributed by atoms with Crippen LogP contribution in [0.5, 0.6) is 0 Å². The van der Waals surface area contributed by atoms with Crippen molar-refractivity contribution in [3.05, 3.63) is 45.3 Å². The van der Waals surface area contributed by atoms with Crippen molar-refractivity contribution in [1.29, 1.82) is 0 Å². The molecule has 23 heavy (non-hydrogen) atoms. The Morgan fingerprint density at radius 1 is 0.826 bits per heavy atom. The first-order chi connectivity index (χ1) is 11.2. The summed E-state index contributed by atoms with van der Waals surface area (Å²) in [4.78, 5) is 5.16. The minimum atomic E-state index is 1.09. The van der Waals surface area contributed by atoms with Gasteiger partial charge in [0.05, 0.1) is 11.4 Å². The zero-order valence-corrected chi connectivity index (χ0v) is 17.3. The van der Waals surface area contributed by atoms with Crippen LogP contribution in [0.2, 0.25) is 0 Å². The SMILES string of the molecule is CCCCCCCN1c2ccc(Br)cc2Sc2cc(Br)ccc21. The van der Waals surface area contributed by atoms with E-state index in [1.807, 2.05) is 11.8 Å².